The lowest BCUT2D eigenvalue weighted by Gasteiger charge is -2.20. The molecule has 1 aromatic heterocycles. The van der Waals surface area contributed by atoms with Gasteiger partial charge in [0.25, 0.3) is 0 Å². The van der Waals surface area contributed by atoms with E-state index in [4.69, 9.17) is 9.47 Å². The van der Waals surface area contributed by atoms with E-state index in [9.17, 15) is 4.79 Å². The zero-order valence-electron chi connectivity index (χ0n) is 10.2. The molecule has 0 unspecified atom stereocenters. The van der Waals surface area contributed by atoms with E-state index in [1.807, 2.05) is 0 Å². The first-order chi connectivity index (χ1) is 7.43. The summed E-state index contributed by atoms with van der Waals surface area (Å²) in [5.74, 6) is 0.666. The van der Waals surface area contributed by atoms with E-state index in [0.717, 1.165) is 0 Å². The second-order valence-corrected chi connectivity index (χ2v) is 3.96. The van der Waals surface area contributed by atoms with E-state index in [2.05, 4.69) is 9.97 Å². The highest BCUT2D eigenvalue weighted by Crippen LogP contribution is 2.23. The molecule has 0 N–H and O–H groups in total. The van der Waals surface area contributed by atoms with Crippen LogP contribution in [-0.4, -0.2) is 30.2 Å². The van der Waals surface area contributed by atoms with Crippen LogP contribution in [-0.2, 0) is 14.9 Å². The average Bonchev–Trinajstić information content (AvgIpc) is 2.27. The maximum atomic E-state index is 11.6. The summed E-state index contributed by atoms with van der Waals surface area (Å²) < 4.78 is 9.77. The van der Waals surface area contributed by atoms with Crippen molar-refractivity contribution >= 4 is 5.97 Å². The van der Waals surface area contributed by atoms with Crippen molar-refractivity contribution in [2.45, 2.75) is 26.2 Å². The van der Waals surface area contributed by atoms with Crippen LogP contribution in [0.1, 0.15) is 25.4 Å². The smallest absolute Gasteiger partial charge is 0.318 e. The fourth-order valence-corrected chi connectivity index (χ4v) is 1.30. The third-order valence-corrected chi connectivity index (χ3v) is 2.41. The molecule has 88 valence electrons. The Hall–Kier alpha value is -1.65. The van der Waals surface area contributed by atoms with Crippen LogP contribution in [0.3, 0.4) is 0 Å². The summed E-state index contributed by atoms with van der Waals surface area (Å²) in [7, 11) is 2.90. The van der Waals surface area contributed by atoms with Crippen molar-refractivity contribution in [3.05, 3.63) is 17.7 Å². The molecule has 0 radical (unpaired) electrons. The summed E-state index contributed by atoms with van der Waals surface area (Å²) in [5.41, 5.74) is -0.157. The molecular weight excluding hydrogens is 208 g/mol. The van der Waals surface area contributed by atoms with E-state index in [0.29, 0.717) is 17.3 Å². The SMILES string of the molecule is COC(=O)C(C)(C)c1ncc(OC)c(C)n1. The van der Waals surface area contributed by atoms with Crippen LogP contribution < -0.4 is 4.74 Å². The predicted molar refractivity (Wildman–Crippen MR) is 58.4 cm³/mol. The Kier molecular flexibility index (Phi) is 3.47. The molecule has 1 rings (SSSR count). The second kappa shape index (κ2) is 4.47. The third kappa shape index (κ3) is 2.13. The van der Waals surface area contributed by atoms with Crippen molar-refractivity contribution in [3.63, 3.8) is 0 Å². The molecule has 0 atom stereocenters. The van der Waals surface area contributed by atoms with Gasteiger partial charge < -0.3 is 9.47 Å². The first kappa shape index (κ1) is 12.4. The van der Waals surface area contributed by atoms with Gasteiger partial charge in [0.1, 0.15) is 11.2 Å². The quantitative estimate of drug-likeness (QED) is 0.723. The highest BCUT2D eigenvalue weighted by atomic mass is 16.5. The number of aryl methyl sites for hydroxylation is 1. The van der Waals surface area contributed by atoms with Crippen LogP contribution in [0.5, 0.6) is 5.75 Å². The van der Waals surface area contributed by atoms with Crippen LogP contribution in [0.2, 0.25) is 0 Å². The molecule has 1 heterocycles. The molecule has 0 fully saturated rings. The largest absolute Gasteiger partial charge is 0.493 e. The topological polar surface area (TPSA) is 61.3 Å². The van der Waals surface area contributed by atoms with Gasteiger partial charge in [-0.25, -0.2) is 9.97 Å². The number of hydrogen-bond acceptors (Lipinski definition) is 5. The van der Waals surface area contributed by atoms with E-state index in [1.54, 1.807) is 34.1 Å². The average molecular weight is 224 g/mol. The first-order valence-electron chi connectivity index (χ1n) is 4.90. The third-order valence-electron chi connectivity index (χ3n) is 2.41. The lowest BCUT2D eigenvalue weighted by atomic mass is 9.92. The molecule has 0 aliphatic heterocycles. The minimum atomic E-state index is -0.855. The van der Waals surface area contributed by atoms with E-state index >= 15 is 0 Å². The number of nitrogens with zero attached hydrogens (tertiary/aromatic N) is 2. The number of carbonyl (C=O) groups excluding carboxylic acids is 1. The van der Waals surface area contributed by atoms with E-state index in [1.165, 1.54) is 7.11 Å². The molecule has 0 aromatic carbocycles. The minimum absolute atomic E-state index is 0.364. The Bertz CT molecular complexity index is 402. The maximum absolute atomic E-state index is 11.6. The Balaban J connectivity index is 3.14. The summed E-state index contributed by atoms with van der Waals surface area (Å²) in [5, 5.41) is 0. The number of ether oxygens (including phenoxy) is 2. The van der Waals surface area contributed by atoms with Gasteiger partial charge in [0.05, 0.1) is 26.1 Å². The molecule has 16 heavy (non-hydrogen) atoms. The van der Waals surface area contributed by atoms with Gasteiger partial charge in [-0.3, -0.25) is 4.79 Å². The molecule has 0 aliphatic carbocycles. The Morgan fingerprint density at radius 3 is 2.44 bits per heavy atom. The highest BCUT2D eigenvalue weighted by molar-refractivity contribution is 5.80. The molecular formula is C11H16N2O3. The minimum Gasteiger partial charge on any atom is -0.493 e. The molecule has 0 spiro atoms. The molecule has 0 saturated heterocycles. The molecule has 5 heteroatoms. The number of hydrogen-bond donors (Lipinski definition) is 0. The maximum Gasteiger partial charge on any atom is 0.318 e. The van der Waals surface area contributed by atoms with Crippen molar-refractivity contribution in [1.29, 1.82) is 0 Å². The van der Waals surface area contributed by atoms with Crippen LogP contribution in [0, 0.1) is 6.92 Å². The van der Waals surface area contributed by atoms with Gasteiger partial charge in [-0.05, 0) is 20.8 Å². The van der Waals surface area contributed by atoms with Crippen LogP contribution in [0.25, 0.3) is 0 Å². The van der Waals surface area contributed by atoms with Crippen LogP contribution >= 0.6 is 0 Å². The van der Waals surface area contributed by atoms with E-state index in [-0.39, 0.29) is 5.97 Å². The number of aromatic nitrogens is 2. The van der Waals surface area contributed by atoms with Crippen molar-refractivity contribution in [3.8, 4) is 5.75 Å². The summed E-state index contributed by atoms with van der Waals surface area (Å²) in [4.78, 5) is 19.9. The fraction of sp³-hybridized carbons (Fsp3) is 0.545. The van der Waals surface area contributed by atoms with E-state index < -0.39 is 5.41 Å². The monoisotopic (exact) mass is 224 g/mol. The van der Waals surface area contributed by atoms with Crippen molar-refractivity contribution in [1.82, 2.24) is 9.97 Å². The van der Waals surface area contributed by atoms with Crippen molar-refractivity contribution < 1.29 is 14.3 Å². The van der Waals surface area contributed by atoms with Gasteiger partial charge in [-0.15, -0.1) is 0 Å². The standard InChI is InChI=1S/C11H16N2O3/c1-7-8(15-4)6-12-9(13-7)11(2,3)10(14)16-5/h6H,1-5H3. The van der Waals surface area contributed by atoms with Gasteiger partial charge in [0, 0.05) is 0 Å². The molecule has 0 aliphatic rings. The van der Waals surface area contributed by atoms with Gasteiger partial charge in [0.2, 0.25) is 0 Å². The first-order valence-corrected chi connectivity index (χ1v) is 4.90. The van der Waals surface area contributed by atoms with Crippen molar-refractivity contribution in [2.24, 2.45) is 0 Å². The second-order valence-electron chi connectivity index (χ2n) is 3.96. The molecule has 0 amide bonds. The van der Waals surface area contributed by atoms with Gasteiger partial charge in [0.15, 0.2) is 5.75 Å². The summed E-state index contributed by atoms with van der Waals surface area (Å²) in [6, 6.07) is 0. The molecule has 0 bridgehead atoms. The summed E-state index contributed by atoms with van der Waals surface area (Å²) in [6.07, 6.45) is 1.56. The van der Waals surface area contributed by atoms with Crippen LogP contribution in [0.15, 0.2) is 6.20 Å². The number of rotatable bonds is 3. The zero-order chi connectivity index (χ0) is 12.3. The summed E-state index contributed by atoms with van der Waals surface area (Å²) in [6.45, 7) is 5.25. The fourth-order valence-electron chi connectivity index (χ4n) is 1.30. The normalized spacial score (nSPS) is 11.1. The lowest BCUT2D eigenvalue weighted by molar-refractivity contribution is -0.146. The lowest BCUT2D eigenvalue weighted by Crippen LogP contribution is -2.32. The Morgan fingerprint density at radius 1 is 1.38 bits per heavy atom. The summed E-state index contributed by atoms with van der Waals surface area (Å²) >= 11 is 0. The number of esters is 1. The van der Waals surface area contributed by atoms with Gasteiger partial charge in [-0.2, -0.15) is 0 Å². The molecule has 1 aromatic rings. The predicted octanol–water partition coefficient (Wildman–Crippen LogP) is 1.24. The number of carbonyl (C=O) groups is 1. The zero-order valence-corrected chi connectivity index (χ0v) is 10.2. The van der Waals surface area contributed by atoms with Gasteiger partial charge in [-0.1, -0.05) is 0 Å². The highest BCUT2D eigenvalue weighted by Gasteiger charge is 2.34. The van der Waals surface area contributed by atoms with Crippen molar-refractivity contribution in [2.75, 3.05) is 14.2 Å². The number of methoxy groups -OCH3 is 2. The molecule has 0 saturated carbocycles. The Morgan fingerprint density at radius 2 is 2.00 bits per heavy atom. The Labute approximate surface area is 94.8 Å². The van der Waals surface area contributed by atoms with Gasteiger partial charge >= 0.3 is 5.97 Å². The van der Waals surface area contributed by atoms with Crippen LogP contribution in [0.4, 0.5) is 0 Å². The molecule has 5 nitrogen and oxygen atoms in total.